The minimum atomic E-state index is -1.07. The second kappa shape index (κ2) is 20.5. The Kier molecular flexibility index (Phi) is 17.1. The van der Waals surface area contributed by atoms with E-state index in [1.165, 1.54) is 16.2 Å². The molecule has 5 atom stereocenters. The van der Waals surface area contributed by atoms with Gasteiger partial charge >= 0.3 is 12.0 Å². The second-order valence-corrected chi connectivity index (χ2v) is 16.2. The lowest BCUT2D eigenvalue weighted by molar-refractivity contribution is -0.151. The summed E-state index contributed by atoms with van der Waals surface area (Å²) in [6.45, 7) is 9.75. The van der Waals surface area contributed by atoms with Gasteiger partial charge in [0.2, 0.25) is 11.8 Å². The molecule has 0 spiro atoms. The van der Waals surface area contributed by atoms with Crippen molar-refractivity contribution in [3.63, 3.8) is 0 Å². The molecule has 0 aromatic carbocycles. The van der Waals surface area contributed by atoms with Gasteiger partial charge in [-0.05, 0) is 89.9 Å². The molecule has 3 saturated carbocycles. The predicted molar refractivity (Wildman–Crippen MR) is 195 cm³/mol. The minimum absolute atomic E-state index is 0.0878. The number of ether oxygens (including phenoxy) is 2. The zero-order valence-corrected chi connectivity index (χ0v) is 32.3. The number of carbonyl (C=O) groups excluding carboxylic acids is 4. The molecular weight excluding hydrogens is 654 g/mol. The van der Waals surface area contributed by atoms with Gasteiger partial charge in [0.15, 0.2) is 5.78 Å². The average molecular weight is 722 g/mol. The van der Waals surface area contributed by atoms with Gasteiger partial charge in [-0.15, -0.1) is 0 Å². The number of urea groups is 1. The zero-order chi connectivity index (χ0) is 37.7. The van der Waals surface area contributed by atoms with Crippen molar-refractivity contribution in [1.82, 2.24) is 25.8 Å². The standard InChI is InChI=1S/C38H67N5O8/c1-25(2)18-20-42(34(45)24-43(21-19-35(46)47)36(48)30-22-29(50-6)16-17-32(30)51-7)23-33(44)38(4,5)41-28-14-12-27(13-15-28)39-37(49)40-31-11-9-8-10-26(31)3/h25-32,41H,8-24H2,1-7H3,(H,46,47)(H2,39,40,49). The summed E-state index contributed by atoms with van der Waals surface area (Å²) in [5.41, 5.74) is -0.919. The van der Waals surface area contributed by atoms with E-state index in [0.29, 0.717) is 31.7 Å². The molecule has 3 fully saturated rings. The summed E-state index contributed by atoms with van der Waals surface area (Å²) >= 11 is 0. The second-order valence-electron chi connectivity index (χ2n) is 16.2. The third-order valence-corrected chi connectivity index (χ3v) is 11.3. The van der Waals surface area contributed by atoms with E-state index in [0.717, 1.165) is 51.4 Å². The van der Waals surface area contributed by atoms with Crippen LogP contribution in [0.25, 0.3) is 0 Å². The van der Waals surface area contributed by atoms with Crippen LogP contribution in [0.4, 0.5) is 4.79 Å². The first-order valence-corrected chi connectivity index (χ1v) is 19.3. The maximum Gasteiger partial charge on any atom is 0.315 e. The number of hydrogen-bond acceptors (Lipinski definition) is 8. The number of Topliss-reactive ketones (excluding diaryl/α,β-unsaturated/α-hetero) is 1. The van der Waals surface area contributed by atoms with Crippen LogP contribution in [0.5, 0.6) is 0 Å². The van der Waals surface area contributed by atoms with Gasteiger partial charge in [0, 0.05) is 45.4 Å². The van der Waals surface area contributed by atoms with Crippen LogP contribution in [0.1, 0.15) is 118 Å². The van der Waals surface area contributed by atoms with E-state index >= 15 is 0 Å². The summed E-state index contributed by atoms with van der Waals surface area (Å²) in [6, 6.07) is 0.316. The quantitative estimate of drug-likeness (QED) is 0.163. The maximum absolute atomic E-state index is 13.9. The number of methoxy groups -OCH3 is 2. The van der Waals surface area contributed by atoms with Crippen LogP contribution in [0, 0.1) is 17.8 Å². The van der Waals surface area contributed by atoms with Gasteiger partial charge in [0.05, 0.1) is 43.2 Å². The Labute approximate surface area is 305 Å². The highest BCUT2D eigenvalue weighted by atomic mass is 16.5. The first kappa shape index (κ1) is 42.6. The van der Waals surface area contributed by atoms with Gasteiger partial charge in [-0.3, -0.25) is 19.2 Å². The molecule has 0 radical (unpaired) electrons. The normalized spacial score (nSPS) is 27.0. The molecule has 5 unspecified atom stereocenters. The summed E-state index contributed by atoms with van der Waals surface area (Å²) in [5.74, 6) is -1.72. The van der Waals surface area contributed by atoms with E-state index in [4.69, 9.17) is 9.47 Å². The molecule has 292 valence electrons. The van der Waals surface area contributed by atoms with E-state index in [1.807, 2.05) is 27.7 Å². The fraction of sp³-hybridized carbons (Fsp3) is 0.868. The molecule has 3 rings (SSSR count). The number of carboxylic acid groups (broad SMARTS) is 1. The van der Waals surface area contributed by atoms with E-state index in [9.17, 15) is 29.1 Å². The number of hydrogen-bond donors (Lipinski definition) is 4. The number of aliphatic carboxylic acids is 1. The number of ketones is 1. The van der Waals surface area contributed by atoms with Gasteiger partial charge < -0.3 is 40.3 Å². The Hall–Kier alpha value is -2.77. The Morgan fingerprint density at radius 1 is 0.824 bits per heavy atom. The lowest BCUT2D eigenvalue weighted by Crippen LogP contribution is -2.57. The number of nitrogens with zero attached hydrogens (tertiary/aromatic N) is 2. The third kappa shape index (κ3) is 13.6. The summed E-state index contributed by atoms with van der Waals surface area (Å²) in [7, 11) is 3.16. The molecule has 3 aliphatic rings. The molecule has 0 aliphatic heterocycles. The van der Waals surface area contributed by atoms with Crippen molar-refractivity contribution in [2.45, 2.75) is 154 Å². The predicted octanol–water partition coefficient (Wildman–Crippen LogP) is 4.12. The number of carbonyl (C=O) groups is 5. The van der Waals surface area contributed by atoms with Crippen LogP contribution in [0.2, 0.25) is 0 Å². The van der Waals surface area contributed by atoms with Crippen molar-refractivity contribution in [1.29, 1.82) is 0 Å². The fourth-order valence-corrected chi connectivity index (χ4v) is 7.83. The largest absolute Gasteiger partial charge is 0.481 e. The van der Waals surface area contributed by atoms with E-state index < -0.39 is 17.4 Å². The molecule has 3 aliphatic carbocycles. The molecule has 0 saturated heterocycles. The Morgan fingerprint density at radius 2 is 1.49 bits per heavy atom. The highest BCUT2D eigenvalue weighted by Crippen LogP contribution is 2.30. The summed E-state index contributed by atoms with van der Waals surface area (Å²) in [6.07, 6.45) is 9.47. The molecule has 0 bridgehead atoms. The minimum Gasteiger partial charge on any atom is -0.481 e. The summed E-state index contributed by atoms with van der Waals surface area (Å²) in [4.78, 5) is 68.7. The lowest BCUT2D eigenvalue weighted by atomic mass is 9.83. The molecule has 13 nitrogen and oxygen atoms in total. The number of rotatable bonds is 18. The molecule has 4 amide bonds. The number of amides is 4. The van der Waals surface area contributed by atoms with Crippen molar-refractivity contribution >= 4 is 29.6 Å². The maximum atomic E-state index is 13.9. The van der Waals surface area contributed by atoms with E-state index in [1.54, 1.807) is 14.2 Å². The molecule has 51 heavy (non-hydrogen) atoms. The Morgan fingerprint density at radius 3 is 2.10 bits per heavy atom. The average Bonchev–Trinajstić information content (AvgIpc) is 3.09. The van der Waals surface area contributed by atoms with Gasteiger partial charge in [-0.25, -0.2) is 4.79 Å². The number of carboxylic acids is 1. The van der Waals surface area contributed by atoms with Gasteiger partial charge in [0.25, 0.3) is 0 Å². The van der Waals surface area contributed by atoms with Crippen molar-refractivity contribution in [3.8, 4) is 0 Å². The van der Waals surface area contributed by atoms with Crippen molar-refractivity contribution in [3.05, 3.63) is 0 Å². The highest BCUT2D eigenvalue weighted by molar-refractivity contribution is 5.93. The monoisotopic (exact) mass is 721 g/mol. The topological polar surface area (TPSA) is 167 Å². The van der Waals surface area contributed by atoms with Gasteiger partial charge in [0.1, 0.15) is 0 Å². The van der Waals surface area contributed by atoms with Crippen LogP contribution in [0.3, 0.4) is 0 Å². The van der Waals surface area contributed by atoms with Crippen LogP contribution < -0.4 is 16.0 Å². The third-order valence-electron chi connectivity index (χ3n) is 11.3. The molecule has 0 heterocycles. The first-order valence-electron chi connectivity index (χ1n) is 19.3. The van der Waals surface area contributed by atoms with Crippen molar-refractivity contribution < 1.29 is 38.6 Å². The van der Waals surface area contributed by atoms with Crippen molar-refractivity contribution in [2.75, 3.05) is 40.4 Å². The molecule has 0 aromatic rings. The van der Waals surface area contributed by atoms with Crippen LogP contribution >= 0.6 is 0 Å². The lowest BCUT2D eigenvalue weighted by Gasteiger charge is -2.38. The Balaban J connectivity index is 1.61. The highest BCUT2D eigenvalue weighted by Gasteiger charge is 2.39. The van der Waals surface area contributed by atoms with E-state index in [2.05, 4.69) is 22.9 Å². The van der Waals surface area contributed by atoms with Gasteiger partial charge in [-0.1, -0.05) is 33.6 Å². The smallest absolute Gasteiger partial charge is 0.315 e. The first-order chi connectivity index (χ1) is 24.1. The molecule has 0 aromatic heterocycles. The van der Waals surface area contributed by atoms with Crippen LogP contribution in [0.15, 0.2) is 0 Å². The Bertz CT molecular complexity index is 1160. The fourth-order valence-electron chi connectivity index (χ4n) is 7.83. The molecule has 4 N–H and O–H groups in total. The van der Waals surface area contributed by atoms with E-state index in [-0.39, 0.29) is 85.9 Å². The number of nitrogens with one attached hydrogen (secondary N) is 3. The van der Waals surface area contributed by atoms with Crippen LogP contribution in [-0.4, -0.2) is 121 Å². The van der Waals surface area contributed by atoms with Crippen LogP contribution in [-0.2, 0) is 28.7 Å². The SMILES string of the molecule is COC1CCC(OC)C(C(=O)N(CCC(=O)O)CC(=O)N(CCC(C)C)CC(=O)C(C)(C)NC2CCC(NC(=O)NC3CCCCC3C)CC2)C1. The summed E-state index contributed by atoms with van der Waals surface area (Å²) in [5, 5.41) is 19.3. The summed E-state index contributed by atoms with van der Waals surface area (Å²) < 4.78 is 11.2. The molecule has 13 heteroatoms. The molecular formula is C38H67N5O8. The zero-order valence-electron chi connectivity index (χ0n) is 32.3. The van der Waals surface area contributed by atoms with Gasteiger partial charge in [-0.2, -0.15) is 0 Å². The van der Waals surface area contributed by atoms with Crippen molar-refractivity contribution in [2.24, 2.45) is 17.8 Å².